The van der Waals surface area contributed by atoms with Crippen LogP contribution >= 0.6 is 11.8 Å². The van der Waals surface area contributed by atoms with E-state index in [2.05, 4.69) is 24.5 Å². The van der Waals surface area contributed by atoms with E-state index in [1.54, 1.807) is 23.6 Å². The summed E-state index contributed by atoms with van der Waals surface area (Å²) in [6, 6.07) is 8.10. The minimum absolute atomic E-state index is 0.164. The highest BCUT2D eigenvalue weighted by Gasteiger charge is 2.77. The van der Waals surface area contributed by atoms with Crippen molar-refractivity contribution in [2.45, 2.75) is 74.5 Å². The zero-order valence-electron chi connectivity index (χ0n) is 19.7. The summed E-state index contributed by atoms with van der Waals surface area (Å²) in [5.41, 5.74) is 0.698. The van der Waals surface area contributed by atoms with Crippen LogP contribution in [0.2, 0.25) is 0 Å². The van der Waals surface area contributed by atoms with Gasteiger partial charge in [-0.1, -0.05) is 38.0 Å². The predicted octanol–water partition coefficient (Wildman–Crippen LogP) is 2.79. The number of hydrogen-bond acceptors (Lipinski definition) is 5. The van der Waals surface area contributed by atoms with E-state index in [0.717, 1.165) is 25.7 Å². The third kappa shape index (κ3) is 3.95. The fourth-order valence-corrected chi connectivity index (χ4v) is 8.39. The summed E-state index contributed by atoms with van der Waals surface area (Å²) in [5, 5.41) is 15.9. The molecule has 3 aliphatic heterocycles. The van der Waals surface area contributed by atoms with E-state index in [9.17, 15) is 19.5 Å². The lowest BCUT2D eigenvalue weighted by molar-refractivity contribution is -0.142. The fourth-order valence-electron chi connectivity index (χ4n) is 6.05. The Labute approximate surface area is 200 Å². The SMILES string of the molecule is CCCCCNC(=O)C1N([C@H](C)CO)C(=O)[C@@H]2[C@H](C(=O)Nc3ccccc3)[C@]3(C)CCC12S3. The number of thioether (sulfide) groups is 1. The van der Waals surface area contributed by atoms with Gasteiger partial charge in [0.15, 0.2) is 0 Å². The highest BCUT2D eigenvalue weighted by molar-refractivity contribution is 8.02. The third-order valence-corrected chi connectivity index (χ3v) is 9.59. The highest BCUT2D eigenvalue weighted by Crippen LogP contribution is 2.71. The van der Waals surface area contributed by atoms with E-state index >= 15 is 0 Å². The molecule has 7 nitrogen and oxygen atoms in total. The Hall–Kier alpha value is -2.06. The van der Waals surface area contributed by atoms with Gasteiger partial charge in [-0.05, 0) is 45.2 Å². The van der Waals surface area contributed by atoms with Crippen LogP contribution in [0.25, 0.3) is 0 Å². The first-order valence-electron chi connectivity index (χ1n) is 12.1. The second-order valence-corrected chi connectivity index (χ2v) is 11.8. The molecule has 3 saturated heterocycles. The zero-order chi connectivity index (χ0) is 23.8. The van der Waals surface area contributed by atoms with Crippen molar-refractivity contribution in [3.05, 3.63) is 30.3 Å². The molecule has 2 unspecified atom stereocenters. The molecule has 2 bridgehead atoms. The van der Waals surface area contributed by atoms with E-state index < -0.39 is 33.4 Å². The molecule has 3 heterocycles. The number of nitrogens with zero attached hydrogens (tertiary/aromatic N) is 1. The van der Waals surface area contributed by atoms with E-state index in [0.29, 0.717) is 18.7 Å². The molecule has 180 valence electrons. The molecule has 0 aromatic heterocycles. The standard InChI is InChI=1S/C25H35N3O4S/c1-4-5-9-14-26-22(31)20-25-13-12-24(3,33-25)18(19(25)23(32)28(20)16(2)15-29)21(30)27-17-10-7-6-8-11-17/h6-8,10-11,16,18-20,29H,4-5,9,12-15H2,1-3H3,(H,26,31)(H,27,30)/t16-,18-,19+,20?,24+,25?/m1/s1. The summed E-state index contributed by atoms with van der Waals surface area (Å²) < 4.78 is -1.06. The molecule has 4 rings (SSSR count). The Balaban J connectivity index is 1.66. The first-order valence-corrected chi connectivity index (χ1v) is 12.9. The molecule has 33 heavy (non-hydrogen) atoms. The quantitative estimate of drug-likeness (QED) is 0.479. The number of aliphatic hydroxyl groups is 1. The summed E-state index contributed by atoms with van der Waals surface area (Å²) in [7, 11) is 0. The number of unbranched alkanes of at least 4 members (excludes halogenated alkanes) is 2. The molecule has 1 aromatic carbocycles. The molecule has 0 aliphatic carbocycles. The van der Waals surface area contributed by atoms with E-state index in [1.165, 1.54) is 0 Å². The second kappa shape index (κ2) is 9.29. The van der Waals surface area contributed by atoms with Gasteiger partial charge < -0.3 is 20.6 Å². The maximum Gasteiger partial charge on any atom is 0.244 e. The number of amides is 3. The predicted molar refractivity (Wildman–Crippen MR) is 130 cm³/mol. The molecule has 1 spiro atoms. The lowest BCUT2D eigenvalue weighted by Crippen LogP contribution is -2.56. The number of carbonyl (C=O) groups excluding carboxylic acids is 3. The number of benzene rings is 1. The number of carbonyl (C=O) groups is 3. The van der Waals surface area contributed by atoms with Crippen molar-refractivity contribution in [1.29, 1.82) is 0 Å². The van der Waals surface area contributed by atoms with Gasteiger partial charge in [-0.3, -0.25) is 14.4 Å². The van der Waals surface area contributed by atoms with Gasteiger partial charge in [0.2, 0.25) is 17.7 Å². The Bertz CT molecular complexity index is 912. The maximum absolute atomic E-state index is 13.8. The first kappa shape index (κ1) is 24.1. The summed E-state index contributed by atoms with van der Waals surface area (Å²) in [6.07, 6.45) is 4.46. The van der Waals surface area contributed by atoms with Gasteiger partial charge in [0.25, 0.3) is 0 Å². The number of anilines is 1. The van der Waals surface area contributed by atoms with Crippen LogP contribution < -0.4 is 10.6 Å². The summed E-state index contributed by atoms with van der Waals surface area (Å²) >= 11 is 1.65. The zero-order valence-corrected chi connectivity index (χ0v) is 20.5. The van der Waals surface area contributed by atoms with Gasteiger partial charge >= 0.3 is 0 Å². The third-order valence-electron chi connectivity index (χ3n) is 7.61. The average Bonchev–Trinajstić information content (AvgIpc) is 3.37. The molecule has 3 N–H and O–H groups in total. The Morgan fingerprint density at radius 2 is 1.94 bits per heavy atom. The normalized spacial score (nSPS) is 33.2. The van der Waals surface area contributed by atoms with E-state index in [-0.39, 0.29) is 24.3 Å². The number of hydrogen-bond donors (Lipinski definition) is 3. The van der Waals surface area contributed by atoms with Crippen LogP contribution in [0, 0.1) is 11.8 Å². The number of fused-ring (bicyclic) bond motifs is 1. The van der Waals surface area contributed by atoms with Gasteiger partial charge in [-0.2, -0.15) is 0 Å². The van der Waals surface area contributed by atoms with Crippen LogP contribution in [0.15, 0.2) is 30.3 Å². The summed E-state index contributed by atoms with van der Waals surface area (Å²) in [5.74, 6) is -1.63. The molecule has 3 aliphatic rings. The van der Waals surface area contributed by atoms with Crippen LogP contribution in [0.5, 0.6) is 0 Å². The number of rotatable bonds is 9. The molecule has 1 aromatic rings. The molecule has 0 radical (unpaired) electrons. The summed E-state index contributed by atoms with van der Waals surface area (Å²) in [4.78, 5) is 42.4. The maximum atomic E-state index is 13.8. The van der Waals surface area contributed by atoms with Crippen LogP contribution in [-0.4, -0.2) is 62.5 Å². The monoisotopic (exact) mass is 473 g/mol. The van der Waals surface area contributed by atoms with Crippen molar-refractivity contribution in [1.82, 2.24) is 10.2 Å². The number of likely N-dealkylation sites (tertiary alicyclic amines) is 1. The second-order valence-electron chi connectivity index (χ2n) is 9.86. The molecule has 8 heteroatoms. The Kier molecular flexibility index (Phi) is 6.78. The topological polar surface area (TPSA) is 98.7 Å². The van der Waals surface area contributed by atoms with E-state index in [1.807, 2.05) is 30.3 Å². The van der Waals surface area contributed by atoms with Gasteiger partial charge in [0.1, 0.15) is 6.04 Å². The van der Waals surface area contributed by atoms with Gasteiger partial charge in [0, 0.05) is 17.0 Å². The van der Waals surface area contributed by atoms with Crippen LogP contribution in [0.4, 0.5) is 5.69 Å². The summed E-state index contributed by atoms with van der Waals surface area (Å²) in [6.45, 7) is 6.28. The van der Waals surface area contributed by atoms with Gasteiger partial charge in [-0.15, -0.1) is 11.8 Å². The average molecular weight is 474 g/mol. The number of nitrogens with one attached hydrogen (secondary N) is 2. The van der Waals surface area contributed by atoms with Crippen molar-refractivity contribution in [2.24, 2.45) is 11.8 Å². The molecule has 6 atom stereocenters. The highest BCUT2D eigenvalue weighted by atomic mass is 32.2. The minimum Gasteiger partial charge on any atom is -0.394 e. The smallest absolute Gasteiger partial charge is 0.244 e. The molecular formula is C25H35N3O4S. The van der Waals surface area contributed by atoms with Crippen LogP contribution in [0.3, 0.4) is 0 Å². The van der Waals surface area contributed by atoms with Crippen LogP contribution in [0.1, 0.15) is 52.9 Å². The number of para-hydroxylation sites is 1. The largest absolute Gasteiger partial charge is 0.394 e. The molecule has 0 saturated carbocycles. The van der Waals surface area contributed by atoms with Gasteiger partial charge in [-0.25, -0.2) is 0 Å². The van der Waals surface area contributed by atoms with Crippen molar-refractivity contribution in [3.8, 4) is 0 Å². The molecule has 3 fully saturated rings. The van der Waals surface area contributed by atoms with Crippen molar-refractivity contribution in [3.63, 3.8) is 0 Å². The lowest BCUT2D eigenvalue weighted by atomic mass is 9.66. The first-order chi connectivity index (χ1) is 15.8. The fraction of sp³-hybridized carbons (Fsp3) is 0.640. The van der Waals surface area contributed by atoms with E-state index in [4.69, 9.17) is 0 Å². The van der Waals surface area contributed by atoms with Gasteiger partial charge in [0.05, 0.1) is 29.2 Å². The van der Waals surface area contributed by atoms with Crippen molar-refractivity contribution >= 4 is 35.2 Å². The van der Waals surface area contributed by atoms with Crippen molar-refractivity contribution in [2.75, 3.05) is 18.5 Å². The Morgan fingerprint density at radius 3 is 2.61 bits per heavy atom. The van der Waals surface area contributed by atoms with Crippen LogP contribution in [-0.2, 0) is 14.4 Å². The molecule has 3 amide bonds. The minimum atomic E-state index is -0.680. The van der Waals surface area contributed by atoms with Crippen molar-refractivity contribution < 1.29 is 19.5 Å². The number of aliphatic hydroxyl groups excluding tert-OH is 1. The lowest BCUT2D eigenvalue weighted by Gasteiger charge is -2.36. The Morgan fingerprint density at radius 1 is 1.21 bits per heavy atom. The molecular weight excluding hydrogens is 438 g/mol.